The highest BCUT2D eigenvalue weighted by atomic mass is 35.5. The van der Waals surface area contributed by atoms with E-state index in [2.05, 4.69) is 0 Å². The second-order valence-corrected chi connectivity index (χ2v) is 10.5. The maximum atomic E-state index is 12.7. The first-order valence-electron chi connectivity index (χ1n) is 8.38. The van der Waals surface area contributed by atoms with Crippen LogP contribution in [0.2, 0.25) is 4.34 Å². The van der Waals surface area contributed by atoms with Crippen molar-refractivity contribution in [2.45, 2.75) is 23.5 Å². The van der Waals surface area contributed by atoms with Gasteiger partial charge in [0.2, 0.25) is 0 Å². The van der Waals surface area contributed by atoms with Crippen LogP contribution in [0.1, 0.15) is 18.4 Å². The number of piperidine rings is 1. The normalized spacial score (nSPS) is 18.0. The van der Waals surface area contributed by atoms with Gasteiger partial charge in [-0.3, -0.25) is 0 Å². The van der Waals surface area contributed by atoms with E-state index in [0.717, 1.165) is 22.6 Å². The summed E-state index contributed by atoms with van der Waals surface area (Å²) >= 11 is 6.95. The zero-order valence-electron chi connectivity index (χ0n) is 14.5. The second kappa shape index (κ2) is 7.86. The quantitative estimate of drug-likeness (QED) is 0.785. The van der Waals surface area contributed by atoms with Crippen LogP contribution in [0.25, 0.3) is 0 Å². The van der Waals surface area contributed by atoms with Crippen LogP contribution in [0.5, 0.6) is 5.75 Å². The molecule has 0 saturated carbocycles. The minimum absolute atomic E-state index is 0.0394. The van der Waals surface area contributed by atoms with E-state index in [9.17, 15) is 13.5 Å². The Morgan fingerprint density at radius 2 is 1.85 bits per heavy atom. The molecule has 1 aliphatic rings. The highest BCUT2D eigenvalue weighted by molar-refractivity contribution is 7.91. The number of hydrogen-bond donors (Lipinski definition) is 1. The fraction of sp³-hybridized carbons (Fsp3) is 0.444. The van der Waals surface area contributed by atoms with Crippen LogP contribution in [0.3, 0.4) is 0 Å². The predicted molar refractivity (Wildman–Crippen MR) is 104 cm³/mol. The Labute approximate surface area is 163 Å². The molecule has 2 aromatic rings. The third-order valence-electron chi connectivity index (χ3n) is 5.00. The highest BCUT2D eigenvalue weighted by Crippen LogP contribution is 2.38. The lowest BCUT2D eigenvalue weighted by Crippen LogP contribution is -2.45. The van der Waals surface area contributed by atoms with Gasteiger partial charge < -0.3 is 9.84 Å². The molecule has 1 fully saturated rings. The van der Waals surface area contributed by atoms with Gasteiger partial charge in [-0.15, -0.1) is 11.3 Å². The lowest BCUT2D eigenvalue weighted by Gasteiger charge is -2.40. The summed E-state index contributed by atoms with van der Waals surface area (Å²) in [5.74, 6) is 0.794. The molecule has 0 unspecified atom stereocenters. The van der Waals surface area contributed by atoms with E-state index in [0.29, 0.717) is 36.7 Å². The van der Waals surface area contributed by atoms with E-state index in [4.69, 9.17) is 16.3 Å². The van der Waals surface area contributed by atoms with Gasteiger partial charge in [0.05, 0.1) is 11.4 Å². The number of halogens is 1. The van der Waals surface area contributed by atoms with Crippen molar-refractivity contribution in [3.63, 3.8) is 0 Å². The zero-order chi connectivity index (χ0) is 18.8. The van der Waals surface area contributed by atoms with E-state index >= 15 is 0 Å². The average Bonchev–Trinajstić information content (AvgIpc) is 3.10. The molecule has 0 aliphatic carbocycles. The van der Waals surface area contributed by atoms with Crippen LogP contribution < -0.4 is 4.74 Å². The van der Waals surface area contributed by atoms with Gasteiger partial charge in [-0.05, 0) is 54.5 Å². The molecule has 1 aliphatic heterocycles. The maximum absolute atomic E-state index is 12.7. The molecule has 142 valence electrons. The third kappa shape index (κ3) is 4.07. The molecule has 0 spiro atoms. The largest absolute Gasteiger partial charge is 0.497 e. The second-order valence-electron chi connectivity index (χ2n) is 6.65. The van der Waals surface area contributed by atoms with Crippen molar-refractivity contribution in [1.82, 2.24) is 4.31 Å². The Hall–Kier alpha value is -1.12. The van der Waals surface area contributed by atoms with E-state index in [-0.39, 0.29) is 16.2 Å². The number of aliphatic hydroxyl groups excluding tert-OH is 1. The number of thiophene rings is 1. The number of nitrogens with zero attached hydrogens (tertiary/aromatic N) is 1. The predicted octanol–water partition coefficient (Wildman–Crippen LogP) is 3.42. The van der Waals surface area contributed by atoms with Crippen molar-refractivity contribution in [3.8, 4) is 5.75 Å². The van der Waals surface area contributed by atoms with Crippen molar-refractivity contribution in [2.24, 2.45) is 5.41 Å². The molecule has 3 rings (SSSR count). The SMILES string of the molecule is COc1ccc(CC2(CO)CCN(S(=O)(=O)c3ccc(Cl)s3)CC2)cc1. The summed E-state index contributed by atoms with van der Waals surface area (Å²) in [6.45, 7) is 0.834. The molecular formula is C18H22ClNO4S2. The summed E-state index contributed by atoms with van der Waals surface area (Å²) in [7, 11) is -1.89. The molecule has 26 heavy (non-hydrogen) atoms. The van der Waals surface area contributed by atoms with Gasteiger partial charge in [-0.2, -0.15) is 4.31 Å². The minimum atomic E-state index is -3.51. The summed E-state index contributed by atoms with van der Waals surface area (Å²) in [6.07, 6.45) is 1.95. The van der Waals surface area contributed by atoms with Gasteiger partial charge in [0.15, 0.2) is 0 Å². The molecule has 5 nitrogen and oxygen atoms in total. The number of ether oxygens (including phenoxy) is 1. The van der Waals surface area contributed by atoms with E-state index < -0.39 is 10.0 Å². The number of hydrogen-bond acceptors (Lipinski definition) is 5. The lowest BCUT2D eigenvalue weighted by atomic mass is 9.75. The van der Waals surface area contributed by atoms with Crippen molar-refractivity contribution in [2.75, 3.05) is 26.8 Å². The molecule has 0 amide bonds. The first-order valence-corrected chi connectivity index (χ1v) is 11.0. The lowest BCUT2D eigenvalue weighted by molar-refractivity contribution is 0.0685. The van der Waals surface area contributed by atoms with Gasteiger partial charge in [0.25, 0.3) is 10.0 Å². The minimum Gasteiger partial charge on any atom is -0.497 e. The molecule has 1 aromatic heterocycles. The third-order valence-corrected chi connectivity index (χ3v) is 8.60. The van der Waals surface area contributed by atoms with E-state index in [1.807, 2.05) is 24.3 Å². The van der Waals surface area contributed by atoms with Gasteiger partial charge in [-0.1, -0.05) is 23.7 Å². The van der Waals surface area contributed by atoms with Crippen LogP contribution in [0, 0.1) is 5.41 Å². The first kappa shape index (κ1) is 19.6. The van der Waals surface area contributed by atoms with Crippen LogP contribution in [-0.2, 0) is 16.4 Å². The Morgan fingerprint density at radius 1 is 1.19 bits per heavy atom. The van der Waals surface area contributed by atoms with Crippen molar-refractivity contribution < 1.29 is 18.3 Å². The number of methoxy groups -OCH3 is 1. The molecule has 0 atom stereocenters. The summed E-state index contributed by atoms with van der Waals surface area (Å²) in [5.41, 5.74) is 0.814. The Bertz CT molecular complexity index is 840. The standard InChI is InChI=1S/C18H22ClNO4S2/c1-24-15-4-2-14(3-5-15)12-18(13-21)8-10-20(11-9-18)26(22,23)17-7-6-16(19)25-17/h2-7,21H,8-13H2,1H3. The molecular weight excluding hydrogens is 394 g/mol. The summed E-state index contributed by atoms with van der Waals surface area (Å²) < 4.78 is 32.9. The fourth-order valence-electron chi connectivity index (χ4n) is 3.33. The Kier molecular flexibility index (Phi) is 5.94. The number of aliphatic hydroxyl groups is 1. The van der Waals surface area contributed by atoms with Crippen LogP contribution in [-0.4, -0.2) is 44.6 Å². The molecule has 0 radical (unpaired) electrons. The van der Waals surface area contributed by atoms with Gasteiger partial charge >= 0.3 is 0 Å². The fourth-order valence-corrected chi connectivity index (χ4v) is 6.41. The molecule has 8 heteroatoms. The first-order chi connectivity index (χ1) is 12.4. The topological polar surface area (TPSA) is 66.8 Å². The van der Waals surface area contributed by atoms with Crippen LogP contribution >= 0.6 is 22.9 Å². The Balaban J connectivity index is 1.70. The summed E-state index contributed by atoms with van der Waals surface area (Å²) in [5, 5.41) is 10.0. The smallest absolute Gasteiger partial charge is 0.252 e. The monoisotopic (exact) mass is 415 g/mol. The molecule has 2 heterocycles. The number of sulfonamides is 1. The molecule has 1 N–H and O–H groups in total. The number of benzene rings is 1. The average molecular weight is 416 g/mol. The summed E-state index contributed by atoms with van der Waals surface area (Å²) in [4.78, 5) is 0. The van der Waals surface area contributed by atoms with Crippen LogP contribution in [0.15, 0.2) is 40.6 Å². The zero-order valence-corrected chi connectivity index (χ0v) is 16.9. The maximum Gasteiger partial charge on any atom is 0.252 e. The van der Waals surface area contributed by atoms with E-state index in [1.54, 1.807) is 19.2 Å². The Morgan fingerprint density at radius 3 is 2.35 bits per heavy atom. The van der Waals surface area contributed by atoms with E-state index in [1.165, 1.54) is 4.31 Å². The van der Waals surface area contributed by atoms with Crippen molar-refractivity contribution in [1.29, 1.82) is 0 Å². The molecule has 1 aromatic carbocycles. The van der Waals surface area contributed by atoms with Gasteiger partial charge in [0, 0.05) is 19.7 Å². The van der Waals surface area contributed by atoms with Gasteiger partial charge in [0.1, 0.15) is 9.96 Å². The van der Waals surface area contributed by atoms with Gasteiger partial charge in [-0.25, -0.2) is 8.42 Å². The van der Waals surface area contributed by atoms with Crippen molar-refractivity contribution in [3.05, 3.63) is 46.3 Å². The summed E-state index contributed by atoms with van der Waals surface area (Å²) in [6, 6.07) is 10.9. The van der Waals surface area contributed by atoms with Crippen molar-refractivity contribution >= 4 is 33.0 Å². The number of rotatable bonds is 6. The molecule has 1 saturated heterocycles. The van der Waals surface area contributed by atoms with Crippen LogP contribution in [0.4, 0.5) is 0 Å². The highest BCUT2D eigenvalue weighted by Gasteiger charge is 2.38. The molecule has 0 bridgehead atoms.